The van der Waals surface area contributed by atoms with Gasteiger partial charge >= 0.3 is 0 Å². The van der Waals surface area contributed by atoms with Crippen LogP contribution in [0.3, 0.4) is 0 Å². The van der Waals surface area contributed by atoms with Gasteiger partial charge in [-0.25, -0.2) is 0 Å². The van der Waals surface area contributed by atoms with E-state index in [1.54, 1.807) is 38.1 Å². The second-order valence-corrected chi connectivity index (χ2v) is 4.78. The van der Waals surface area contributed by atoms with Crippen LogP contribution in [0, 0.1) is 5.92 Å². The van der Waals surface area contributed by atoms with Gasteiger partial charge in [0.25, 0.3) is 5.91 Å². The van der Waals surface area contributed by atoms with E-state index in [1.807, 2.05) is 6.92 Å². The summed E-state index contributed by atoms with van der Waals surface area (Å²) in [7, 11) is 0. The van der Waals surface area contributed by atoms with Gasteiger partial charge in [-0.1, -0.05) is 26.0 Å². The molecular formula is C15H20NO5-. The summed E-state index contributed by atoms with van der Waals surface area (Å²) < 4.78 is 10.7. The lowest BCUT2D eigenvalue weighted by molar-refractivity contribution is -0.309. The molecule has 0 saturated carbocycles. The highest BCUT2D eigenvalue weighted by atomic mass is 16.5. The topological polar surface area (TPSA) is 87.7 Å². The predicted octanol–water partition coefficient (Wildman–Crippen LogP) is 0.355. The smallest absolute Gasteiger partial charge is 0.258 e. The van der Waals surface area contributed by atoms with Gasteiger partial charge in [0.2, 0.25) is 0 Å². The summed E-state index contributed by atoms with van der Waals surface area (Å²) in [6.45, 7) is 5.40. The Hall–Kier alpha value is -2.24. The summed E-state index contributed by atoms with van der Waals surface area (Å²) in [5.41, 5.74) is 0. The molecule has 0 bridgehead atoms. The monoisotopic (exact) mass is 294 g/mol. The van der Waals surface area contributed by atoms with E-state index >= 15 is 0 Å². The molecule has 1 aromatic carbocycles. The molecule has 0 heterocycles. The highest BCUT2D eigenvalue weighted by Crippen LogP contribution is 2.26. The number of benzene rings is 1. The number of nitrogens with one attached hydrogen (secondary N) is 1. The van der Waals surface area contributed by atoms with Crippen LogP contribution >= 0.6 is 0 Å². The fraction of sp³-hybridized carbons (Fsp3) is 0.467. The summed E-state index contributed by atoms with van der Waals surface area (Å²) >= 11 is 0. The number of aliphatic carboxylic acids is 1. The second-order valence-electron chi connectivity index (χ2n) is 4.78. The molecule has 1 N–H and O–H groups in total. The van der Waals surface area contributed by atoms with Crippen molar-refractivity contribution in [2.45, 2.75) is 26.8 Å². The zero-order valence-corrected chi connectivity index (χ0v) is 12.4. The molecule has 6 heteroatoms. The van der Waals surface area contributed by atoms with E-state index in [1.165, 1.54) is 0 Å². The Morgan fingerprint density at radius 2 is 1.76 bits per heavy atom. The van der Waals surface area contributed by atoms with E-state index in [9.17, 15) is 14.7 Å². The van der Waals surface area contributed by atoms with E-state index in [-0.39, 0.29) is 12.5 Å². The van der Waals surface area contributed by atoms with Crippen LogP contribution in [0.5, 0.6) is 11.5 Å². The predicted molar refractivity (Wildman–Crippen MR) is 74.9 cm³/mol. The Balaban J connectivity index is 2.59. The molecule has 0 radical (unpaired) electrons. The van der Waals surface area contributed by atoms with E-state index in [0.717, 1.165) is 0 Å². The molecule has 0 spiro atoms. The van der Waals surface area contributed by atoms with E-state index in [2.05, 4.69) is 5.32 Å². The van der Waals surface area contributed by atoms with Crippen LogP contribution in [0.1, 0.15) is 20.8 Å². The minimum Gasteiger partial charge on any atom is -0.548 e. The zero-order valence-electron chi connectivity index (χ0n) is 12.4. The Kier molecular flexibility index (Phi) is 6.52. The minimum absolute atomic E-state index is 0.269. The quantitative estimate of drug-likeness (QED) is 0.747. The number of hydrogen-bond acceptors (Lipinski definition) is 5. The number of carbonyl (C=O) groups is 2. The molecule has 0 fully saturated rings. The SMILES string of the molecule is CCOc1ccccc1OCC(=O)N[C@H](C(=O)[O-])C(C)C. The minimum atomic E-state index is -1.31. The van der Waals surface area contributed by atoms with Crippen molar-refractivity contribution in [3.63, 3.8) is 0 Å². The number of para-hydroxylation sites is 2. The molecule has 0 aromatic heterocycles. The highest BCUT2D eigenvalue weighted by Gasteiger charge is 2.17. The third-order valence-corrected chi connectivity index (χ3v) is 2.74. The fourth-order valence-corrected chi connectivity index (χ4v) is 1.70. The zero-order chi connectivity index (χ0) is 15.8. The van der Waals surface area contributed by atoms with Crippen LogP contribution in [0.2, 0.25) is 0 Å². The molecule has 0 aliphatic heterocycles. The second kappa shape index (κ2) is 8.14. The molecule has 0 aliphatic carbocycles. The van der Waals surface area contributed by atoms with Crippen molar-refractivity contribution in [3.8, 4) is 11.5 Å². The van der Waals surface area contributed by atoms with Gasteiger partial charge in [-0.3, -0.25) is 4.79 Å². The van der Waals surface area contributed by atoms with Gasteiger partial charge in [-0.2, -0.15) is 0 Å². The Morgan fingerprint density at radius 1 is 1.19 bits per heavy atom. The van der Waals surface area contributed by atoms with Gasteiger partial charge in [-0.05, 0) is 25.0 Å². The summed E-state index contributed by atoms with van der Waals surface area (Å²) in [5, 5.41) is 13.3. The molecule has 21 heavy (non-hydrogen) atoms. The van der Waals surface area contributed by atoms with Crippen LogP contribution in [0.15, 0.2) is 24.3 Å². The highest BCUT2D eigenvalue weighted by molar-refractivity contribution is 5.83. The van der Waals surface area contributed by atoms with Crippen molar-refractivity contribution in [1.82, 2.24) is 5.32 Å². The van der Waals surface area contributed by atoms with Gasteiger partial charge < -0.3 is 24.7 Å². The number of carboxylic acid groups (broad SMARTS) is 1. The van der Waals surface area contributed by atoms with Crippen LogP contribution in [0.25, 0.3) is 0 Å². The molecule has 6 nitrogen and oxygen atoms in total. The first-order valence-electron chi connectivity index (χ1n) is 6.80. The Morgan fingerprint density at radius 3 is 2.24 bits per heavy atom. The number of hydrogen-bond donors (Lipinski definition) is 1. The van der Waals surface area contributed by atoms with Crippen LogP contribution in [-0.4, -0.2) is 31.1 Å². The molecule has 116 valence electrons. The standard InChI is InChI=1S/C15H21NO5/c1-4-20-11-7-5-6-8-12(11)21-9-13(17)16-14(10(2)3)15(18)19/h5-8,10,14H,4,9H2,1-3H3,(H,16,17)(H,18,19)/p-1/t14-/m0/s1. The number of carbonyl (C=O) groups excluding carboxylic acids is 2. The largest absolute Gasteiger partial charge is 0.548 e. The summed E-state index contributed by atoms with van der Waals surface area (Å²) in [5.74, 6) is -1.14. The van der Waals surface area contributed by atoms with Crippen molar-refractivity contribution < 1.29 is 24.2 Å². The maximum Gasteiger partial charge on any atom is 0.258 e. The lowest BCUT2D eigenvalue weighted by Crippen LogP contribution is -2.51. The van der Waals surface area contributed by atoms with Crippen molar-refractivity contribution >= 4 is 11.9 Å². The van der Waals surface area contributed by atoms with Crippen molar-refractivity contribution in [1.29, 1.82) is 0 Å². The van der Waals surface area contributed by atoms with E-state index in [0.29, 0.717) is 18.1 Å². The van der Waals surface area contributed by atoms with E-state index in [4.69, 9.17) is 9.47 Å². The number of rotatable bonds is 8. The first-order chi connectivity index (χ1) is 9.95. The Bertz CT molecular complexity index is 487. The van der Waals surface area contributed by atoms with Gasteiger partial charge in [-0.15, -0.1) is 0 Å². The van der Waals surface area contributed by atoms with Crippen LogP contribution < -0.4 is 19.9 Å². The number of amides is 1. The lowest BCUT2D eigenvalue weighted by atomic mass is 10.1. The molecule has 1 amide bonds. The van der Waals surface area contributed by atoms with E-state index < -0.39 is 17.9 Å². The number of carboxylic acids is 1. The molecule has 1 rings (SSSR count). The maximum absolute atomic E-state index is 11.7. The summed E-state index contributed by atoms with van der Waals surface area (Å²) in [4.78, 5) is 22.6. The fourth-order valence-electron chi connectivity index (χ4n) is 1.70. The van der Waals surface area contributed by atoms with Gasteiger partial charge in [0.05, 0.1) is 18.6 Å². The molecule has 0 unspecified atom stereocenters. The van der Waals surface area contributed by atoms with Crippen molar-refractivity contribution in [2.75, 3.05) is 13.2 Å². The molecule has 1 aromatic rings. The molecular weight excluding hydrogens is 274 g/mol. The number of ether oxygens (including phenoxy) is 2. The van der Waals surface area contributed by atoms with Crippen LogP contribution in [-0.2, 0) is 9.59 Å². The van der Waals surface area contributed by atoms with Gasteiger partial charge in [0.15, 0.2) is 18.1 Å². The summed E-state index contributed by atoms with van der Waals surface area (Å²) in [6, 6.07) is 5.92. The van der Waals surface area contributed by atoms with Gasteiger partial charge in [0.1, 0.15) is 0 Å². The average molecular weight is 294 g/mol. The van der Waals surface area contributed by atoms with Gasteiger partial charge in [0, 0.05) is 0 Å². The lowest BCUT2D eigenvalue weighted by Gasteiger charge is -2.23. The Labute approximate surface area is 124 Å². The molecule has 0 aliphatic rings. The molecule has 1 atom stereocenters. The molecule has 0 saturated heterocycles. The normalized spacial score (nSPS) is 11.8. The van der Waals surface area contributed by atoms with Crippen molar-refractivity contribution in [2.24, 2.45) is 5.92 Å². The average Bonchev–Trinajstić information content (AvgIpc) is 2.43. The third-order valence-electron chi connectivity index (χ3n) is 2.74. The maximum atomic E-state index is 11.7. The summed E-state index contributed by atoms with van der Waals surface area (Å²) in [6.07, 6.45) is 0. The first-order valence-corrected chi connectivity index (χ1v) is 6.80. The van der Waals surface area contributed by atoms with Crippen molar-refractivity contribution in [3.05, 3.63) is 24.3 Å². The van der Waals surface area contributed by atoms with Crippen LogP contribution in [0.4, 0.5) is 0 Å². The first kappa shape index (κ1) is 16.8. The third kappa shape index (κ3) is 5.33.